The van der Waals surface area contributed by atoms with E-state index in [9.17, 15) is 9.90 Å². The molecule has 2 unspecified atom stereocenters. The molecule has 0 spiro atoms. The molecule has 0 aromatic heterocycles. The van der Waals surface area contributed by atoms with Crippen molar-refractivity contribution >= 4 is 5.97 Å². The first kappa shape index (κ1) is 12.1. The maximum Gasteiger partial charge on any atom is 0.321 e. The number of carboxylic acids is 1. The van der Waals surface area contributed by atoms with Gasteiger partial charge in [-0.25, -0.2) is 0 Å². The number of carbonyl (C=O) groups is 1. The van der Waals surface area contributed by atoms with Gasteiger partial charge in [0.1, 0.15) is 6.04 Å². The zero-order valence-electron chi connectivity index (χ0n) is 10.2. The van der Waals surface area contributed by atoms with Crippen LogP contribution in [-0.4, -0.2) is 34.6 Å². The van der Waals surface area contributed by atoms with Crippen LogP contribution in [0.25, 0.3) is 0 Å². The topological polar surface area (TPSA) is 40.5 Å². The third-order valence-corrected chi connectivity index (χ3v) is 3.56. The third-order valence-electron chi connectivity index (χ3n) is 3.56. The van der Waals surface area contributed by atoms with Crippen molar-refractivity contribution in [3.05, 3.63) is 35.9 Å². The molecule has 0 saturated carbocycles. The summed E-state index contributed by atoms with van der Waals surface area (Å²) in [7, 11) is 0. The molecule has 2 atom stereocenters. The van der Waals surface area contributed by atoms with Crippen LogP contribution >= 0.6 is 0 Å². The van der Waals surface area contributed by atoms with Crippen molar-refractivity contribution in [2.75, 3.05) is 6.54 Å². The minimum Gasteiger partial charge on any atom is -0.480 e. The van der Waals surface area contributed by atoms with Crippen LogP contribution < -0.4 is 0 Å². The summed E-state index contributed by atoms with van der Waals surface area (Å²) in [5.74, 6) is -0.706. The van der Waals surface area contributed by atoms with Crippen LogP contribution in [0.5, 0.6) is 0 Å². The number of hydrogen-bond acceptors (Lipinski definition) is 2. The molecule has 2 rings (SSSR count). The predicted molar refractivity (Wildman–Crippen MR) is 67.0 cm³/mol. The van der Waals surface area contributed by atoms with Gasteiger partial charge in [0.05, 0.1) is 0 Å². The molecule has 17 heavy (non-hydrogen) atoms. The first-order valence-corrected chi connectivity index (χ1v) is 6.21. The van der Waals surface area contributed by atoms with Crippen LogP contribution in [0.1, 0.15) is 25.3 Å². The Labute approximate surface area is 102 Å². The van der Waals surface area contributed by atoms with Crippen molar-refractivity contribution in [3.63, 3.8) is 0 Å². The molecule has 3 nitrogen and oxygen atoms in total. The molecule has 1 N–H and O–H groups in total. The van der Waals surface area contributed by atoms with Gasteiger partial charge in [0.2, 0.25) is 0 Å². The van der Waals surface area contributed by atoms with Gasteiger partial charge >= 0.3 is 5.97 Å². The van der Waals surface area contributed by atoms with E-state index in [-0.39, 0.29) is 6.04 Å². The van der Waals surface area contributed by atoms with Gasteiger partial charge < -0.3 is 5.11 Å². The fourth-order valence-electron chi connectivity index (χ4n) is 2.60. The first-order valence-electron chi connectivity index (χ1n) is 6.21. The van der Waals surface area contributed by atoms with Crippen LogP contribution in [0.2, 0.25) is 0 Å². The quantitative estimate of drug-likeness (QED) is 0.866. The largest absolute Gasteiger partial charge is 0.480 e. The number of carboxylic acid groups (broad SMARTS) is 1. The number of likely N-dealkylation sites (tertiary alicyclic amines) is 1. The molecule has 1 saturated heterocycles. The number of nitrogens with zero attached hydrogens (tertiary/aromatic N) is 1. The predicted octanol–water partition coefficient (Wildman–Crippen LogP) is 2.17. The highest BCUT2D eigenvalue weighted by Crippen LogP contribution is 2.21. The molecular formula is C14H19NO2. The fraction of sp³-hybridized carbons (Fsp3) is 0.500. The highest BCUT2D eigenvalue weighted by molar-refractivity contribution is 5.74. The molecule has 0 radical (unpaired) electrons. The van der Waals surface area contributed by atoms with E-state index in [1.165, 1.54) is 0 Å². The molecule has 1 aliphatic rings. The van der Waals surface area contributed by atoms with Crippen molar-refractivity contribution in [1.29, 1.82) is 0 Å². The average molecular weight is 233 g/mol. The van der Waals surface area contributed by atoms with Gasteiger partial charge in [-0.05, 0) is 38.3 Å². The van der Waals surface area contributed by atoms with E-state index in [1.807, 2.05) is 30.3 Å². The van der Waals surface area contributed by atoms with E-state index in [2.05, 4.69) is 11.8 Å². The number of rotatable bonds is 4. The summed E-state index contributed by atoms with van der Waals surface area (Å²) < 4.78 is 0. The molecule has 0 aliphatic carbocycles. The monoisotopic (exact) mass is 233 g/mol. The molecule has 0 amide bonds. The molecule has 1 aromatic rings. The first-order chi connectivity index (χ1) is 8.18. The second-order valence-corrected chi connectivity index (χ2v) is 4.77. The van der Waals surface area contributed by atoms with Crippen LogP contribution in [0.15, 0.2) is 30.3 Å². The summed E-state index contributed by atoms with van der Waals surface area (Å²) in [4.78, 5) is 13.5. The summed E-state index contributed by atoms with van der Waals surface area (Å²) >= 11 is 0. The Morgan fingerprint density at radius 3 is 2.71 bits per heavy atom. The van der Waals surface area contributed by atoms with Crippen molar-refractivity contribution in [2.24, 2.45) is 0 Å². The smallest absolute Gasteiger partial charge is 0.321 e. The lowest BCUT2D eigenvalue weighted by Gasteiger charge is -2.28. The van der Waals surface area contributed by atoms with Gasteiger partial charge in [0, 0.05) is 6.04 Å². The van der Waals surface area contributed by atoms with Crippen LogP contribution in [0.3, 0.4) is 0 Å². The highest BCUT2D eigenvalue weighted by atomic mass is 16.4. The standard InChI is InChI=1S/C14H19NO2/c1-11-6-5-9-15(11)13(14(16)17)10-12-7-3-2-4-8-12/h2-4,7-8,11,13H,5-6,9-10H2,1H3,(H,16,17). The second-order valence-electron chi connectivity index (χ2n) is 4.77. The van der Waals surface area contributed by atoms with Crippen molar-refractivity contribution in [1.82, 2.24) is 4.90 Å². The van der Waals surface area contributed by atoms with Crippen LogP contribution in [-0.2, 0) is 11.2 Å². The summed E-state index contributed by atoms with van der Waals surface area (Å²) in [6, 6.07) is 9.88. The zero-order valence-corrected chi connectivity index (χ0v) is 10.2. The van der Waals surface area contributed by atoms with Gasteiger partial charge in [-0.1, -0.05) is 30.3 Å². The third kappa shape index (κ3) is 2.86. The fourth-order valence-corrected chi connectivity index (χ4v) is 2.60. The highest BCUT2D eigenvalue weighted by Gasteiger charge is 2.32. The van der Waals surface area contributed by atoms with Gasteiger partial charge in [0.25, 0.3) is 0 Å². The van der Waals surface area contributed by atoms with Gasteiger partial charge in [-0.2, -0.15) is 0 Å². The zero-order chi connectivity index (χ0) is 12.3. The lowest BCUT2D eigenvalue weighted by atomic mass is 10.0. The Balaban J connectivity index is 2.10. The summed E-state index contributed by atoms with van der Waals surface area (Å²) in [5, 5.41) is 9.37. The number of hydrogen-bond donors (Lipinski definition) is 1. The lowest BCUT2D eigenvalue weighted by Crippen LogP contribution is -2.44. The van der Waals surface area contributed by atoms with Crippen molar-refractivity contribution in [2.45, 2.75) is 38.3 Å². The Morgan fingerprint density at radius 2 is 2.18 bits per heavy atom. The van der Waals surface area contributed by atoms with E-state index in [0.717, 1.165) is 24.9 Å². The van der Waals surface area contributed by atoms with E-state index >= 15 is 0 Å². The normalized spacial score (nSPS) is 22.5. The van der Waals surface area contributed by atoms with Gasteiger partial charge in [0.15, 0.2) is 0 Å². The Kier molecular flexibility index (Phi) is 3.79. The van der Waals surface area contributed by atoms with Crippen LogP contribution in [0, 0.1) is 0 Å². The lowest BCUT2D eigenvalue weighted by molar-refractivity contribution is -0.143. The summed E-state index contributed by atoms with van der Waals surface area (Å²) in [6.45, 7) is 3.03. The molecule has 1 fully saturated rings. The Hall–Kier alpha value is -1.35. The summed E-state index contributed by atoms with van der Waals surface area (Å²) in [6.07, 6.45) is 2.82. The van der Waals surface area contributed by atoms with Gasteiger partial charge in [-0.3, -0.25) is 9.69 Å². The molecule has 1 aromatic carbocycles. The van der Waals surface area contributed by atoms with Gasteiger partial charge in [-0.15, -0.1) is 0 Å². The molecule has 92 valence electrons. The number of aliphatic carboxylic acids is 1. The molecule has 1 aliphatic heterocycles. The maximum atomic E-state index is 11.4. The molecule has 0 bridgehead atoms. The Bertz CT molecular complexity index is 377. The van der Waals surface area contributed by atoms with E-state index in [4.69, 9.17) is 0 Å². The van der Waals surface area contributed by atoms with Crippen molar-refractivity contribution in [3.8, 4) is 0 Å². The Morgan fingerprint density at radius 1 is 1.47 bits per heavy atom. The molecule has 1 heterocycles. The summed E-state index contributed by atoms with van der Waals surface area (Å²) in [5.41, 5.74) is 1.10. The second kappa shape index (κ2) is 5.32. The van der Waals surface area contributed by atoms with E-state index < -0.39 is 5.97 Å². The minimum atomic E-state index is -0.706. The van der Waals surface area contributed by atoms with Crippen LogP contribution in [0.4, 0.5) is 0 Å². The SMILES string of the molecule is CC1CCCN1C(Cc1ccccc1)C(=O)O. The molecular weight excluding hydrogens is 214 g/mol. The average Bonchev–Trinajstić information content (AvgIpc) is 2.73. The molecule has 3 heteroatoms. The van der Waals surface area contributed by atoms with E-state index in [1.54, 1.807) is 0 Å². The maximum absolute atomic E-state index is 11.4. The van der Waals surface area contributed by atoms with E-state index in [0.29, 0.717) is 12.5 Å². The van der Waals surface area contributed by atoms with Crippen molar-refractivity contribution < 1.29 is 9.90 Å². The number of benzene rings is 1. The minimum absolute atomic E-state index is 0.380.